The van der Waals surface area contributed by atoms with Gasteiger partial charge in [-0.25, -0.2) is 4.39 Å². The van der Waals surface area contributed by atoms with Gasteiger partial charge in [-0.2, -0.15) is 0 Å². The third-order valence-corrected chi connectivity index (χ3v) is 3.63. The molecule has 108 valence electrons. The Morgan fingerprint density at radius 3 is 2.76 bits per heavy atom. The first-order valence-corrected chi connectivity index (χ1v) is 6.67. The van der Waals surface area contributed by atoms with E-state index in [9.17, 15) is 9.18 Å². The van der Waals surface area contributed by atoms with E-state index in [1.165, 1.54) is 18.2 Å². The van der Waals surface area contributed by atoms with Crippen LogP contribution in [0, 0.1) is 12.7 Å². The lowest BCUT2D eigenvalue weighted by atomic mass is 10.1. The highest BCUT2D eigenvalue weighted by Crippen LogP contribution is 2.39. The van der Waals surface area contributed by atoms with Crippen LogP contribution in [0.2, 0.25) is 5.02 Å². The van der Waals surface area contributed by atoms with Gasteiger partial charge < -0.3 is 15.8 Å². The number of ether oxygens (including phenoxy) is 1. The number of hydrogen-bond acceptors (Lipinski definition) is 3. The van der Waals surface area contributed by atoms with Crippen LogP contribution in [0.5, 0.6) is 11.5 Å². The fourth-order valence-electron chi connectivity index (χ4n) is 2.21. The molecule has 21 heavy (non-hydrogen) atoms. The van der Waals surface area contributed by atoms with E-state index >= 15 is 0 Å². The highest BCUT2D eigenvalue weighted by Gasteiger charge is 2.28. The Hall–Kier alpha value is -2.11. The molecule has 0 fully saturated rings. The maximum atomic E-state index is 13.1. The molecule has 1 unspecified atom stereocenters. The Morgan fingerprint density at radius 1 is 1.29 bits per heavy atom. The van der Waals surface area contributed by atoms with Crippen LogP contribution in [0.1, 0.15) is 17.2 Å². The molecule has 1 aliphatic heterocycles. The lowest BCUT2D eigenvalue weighted by molar-refractivity contribution is -0.116. The molecule has 1 atom stereocenters. The van der Waals surface area contributed by atoms with E-state index < -0.39 is 6.04 Å². The van der Waals surface area contributed by atoms with Crippen molar-refractivity contribution in [3.05, 3.63) is 52.3 Å². The van der Waals surface area contributed by atoms with Crippen LogP contribution < -0.4 is 15.8 Å². The lowest BCUT2D eigenvalue weighted by Crippen LogP contribution is -2.19. The Kier molecular flexibility index (Phi) is 3.31. The summed E-state index contributed by atoms with van der Waals surface area (Å²) >= 11 is 6.16. The SMILES string of the molecule is Cc1cc(F)ccc1Oc1cc2c(cc1Cl)C(N)C(=O)N2. The van der Waals surface area contributed by atoms with Crippen molar-refractivity contribution >= 4 is 23.2 Å². The van der Waals surface area contributed by atoms with Gasteiger partial charge in [-0.1, -0.05) is 11.6 Å². The zero-order chi connectivity index (χ0) is 15.1. The van der Waals surface area contributed by atoms with Crippen molar-refractivity contribution in [3.8, 4) is 11.5 Å². The van der Waals surface area contributed by atoms with Crippen molar-refractivity contribution in [1.29, 1.82) is 0 Å². The summed E-state index contributed by atoms with van der Waals surface area (Å²) in [6, 6.07) is 6.70. The highest BCUT2D eigenvalue weighted by molar-refractivity contribution is 6.32. The fourth-order valence-corrected chi connectivity index (χ4v) is 2.42. The molecule has 0 aromatic heterocycles. The van der Waals surface area contributed by atoms with Gasteiger partial charge in [0.05, 0.1) is 5.02 Å². The summed E-state index contributed by atoms with van der Waals surface area (Å²) in [6.45, 7) is 1.73. The number of aryl methyl sites for hydroxylation is 1. The Bertz CT molecular complexity index is 749. The van der Waals surface area contributed by atoms with Gasteiger partial charge in [0, 0.05) is 17.3 Å². The second-order valence-corrected chi connectivity index (χ2v) is 5.26. The van der Waals surface area contributed by atoms with Crippen LogP contribution in [0.4, 0.5) is 10.1 Å². The minimum atomic E-state index is -0.723. The van der Waals surface area contributed by atoms with Crippen LogP contribution in [0.15, 0.2) is 30.3 Å². The minimum Gasteiger partial charge on any atom is -0.455 e. The molecule has 2 aromatic carbocycles. The lowest BCUT2D eigenvalue weighted by Gasteiger charge is -2.12. The van der Waals surface area contributed by atoms with Crippen LogP contribution >= 0.6 is 11.6 Å². The third-order valence-electron chi connectivity index (χ3n) is 3.34. The van der Waals surface area contributed by atoms with Gasteiger partial charge in [0.25, 0.3) is 0 Å². The topological polar surface area (TPSA) is 64.3 Å². The van der Waals surface area contributed by atoms with Crippen molar-refractivity contribution in [2.75, 3.05) is 5.32 Å². The number of rotatable bonds is 2. The zero-order valence-corrected chi connectivity index (χ0v) is 11.9. The summed E-state index contributed by atoms with van der Waals surface area (Å²) in [5.74, 6) is 0.251. The third kappa shape index (κ3) is 2.46. The molecule has 2 aromatic rings. The predicted octanol–water partition coefficient (Wildman–Crippen LogP) is 3.53. The molecule has 3 rings (SSSR count). The van der Waals surface area contributed by atoms with E-state index in [1.54, 1.807) is 19.1 Å². The second-order valence-electron chi connectivity index (χ2n) is 4.85. The standard InChI is InChI=1S/C15H12ClFN2O2/c1-7-4-8(17)2-3-12(7)21-13-6-11-9(5-10(13)16)14(18)15(20)19-11/h2-6,14H,18H2,1H3,(H,19,20). The first-order valence-electron chi connectivity index (χ1n) is 6.29. The summed E-state index contributed by atoms with van der Waals surface area (Å²) in [6.07, 6.45) is 0. The van der Waals surface area contributed by atoms with Gasteiger partial charge in [0.1, 0.15) is 23.4 Å². The van der Waals surface area contributed by atoms with E-state index in [-0.39, 0.29) is 11.7 Å². The van der Waals surface area contributed by atoms with Crippen LogP contribution in [-0.4, -0.2) is 5.91 Å². The van der Waals surface area contributed by atoms with Gasteiger partial charge in [-0.3, -0.25) is 4.79 Å². The summed E-state index contributed by atoms with van der Waals surface area (Å²) in [7, 11) is 0. The maximum absolute atomic E-state index is 13.1. The number of halogens is 2. The Labute approximate surface area is 125 Å². The number of benzene rings is 2. The molecule has 0 radical (unpaired) electrons. The Morgan fingerprint density at radius 2 is 2.05 bits per heavy atom. The molecule has 0 aliphatic carbocycles. The number of nitrogens with one attached hydrogen (secondary N) is 1. The quantitative estimate of drug-likeness (QED) is 0.892. The number of carbonyl (C=O) groups is 1. The molecule has 6 heteroatoms. The zero-order valence-electron chi connectivity index (χ0n) is 11.1. The fraction of sp³-hybridized carbons (Fsp3) is 0.133. The number of amides is 1. The normalized spacial score (nSPS) is 16.6. The summed E-state index contributed by atoms with van der Waals surface area (Å²) in [4.78, 5) is 11.5. The van der Waals surface area contributed by atoms with E-state index in [2.05, 4.69) is 5.32 Å². The average Bonchev–Trinajstić information content (AvgIpc) is 2.69. The average molecular weight is 307 g/mol. The Balaban J connectivity index is 1.97. The maximum Gasteiger partial charge on any atom is 0.245 e. The van der Waals surface area contributed by atoms with E-state index in [0.717, 1.165) is 0 Å². The number of nitrogens with two attached hydrogens (primary N) is 1. The number of fused-ring (bicyclic) bond motifs is 1. The highest BCUT2D eigenvalue weighted by atomic mass is 35.5. The summed E-state index contributed by atoms with van der Waals surface area (Å²) in [5.41, 5.74) is 7.60. The first-order chi connectivity index (χ1) is 9.95. The second kappa shape index (κ2) is 5.02. The monoisotopic (exact) mass is 306 g/mol. The van der Waals surface area contributed by atoms with Crippen molar-refractivity contribution in [2.45, 2.75) is 13.0 Å². The molecule has 4 nitrogen and oxygen atoms in total. The van der Waals surface area contributed by atoms with E-state index in [4.69, 9.17) is 22.1 Å². The minimum absolute atomic E-state index is 0.281. The van der Waals surface area contributed by atoms with Crippen molar-refractivity contribution in [2.24, 2.45) is 5.73 Å². The molecule has 1 amide bonds. The van der Waals surface area contributed by atoms with Crippen LogP contribution in [-0.2, 0) is 4.79 Å². The molecule has 1 heterocycles. The molecule has 0 saturated carbocycles. The molecule has 0 spiro atoms. The molecule has 1 aliphatic rings. The van der Waals surface area contributed by atoms with E-state index in [0.29, 0.717) is 33.3 Å². The van der Waals surface area contributed by atoms with Crippen molar-refractivity contribution < 1.29 is 13.9 Å². The van der Waals surface area contributed by atoms with Gasteiger partial charge >= 0.3 is 0 Å². The van der Waals surface area contributed by atoms with Gasteiger partial charge in [-0.05, 0) is 36.8 Å². The molecule has 0 saturated heterocycles. The van der Waals surface area contributed by atoms with E-state index in [1.807, 2.05) is 0 Å². The van der Waals surface area contributed by atoms with Crippen molar-refractivity contribution in [3.63, 3.8) is 0 Å². The van der Waals surface area contributed by atoms with Gasteiger partial charge in [0.2, 0.25) is 5.91 Å². The molecule has 0 bridgehead atoms. The predicted molar refractivity (Wildman–Crippen MR) is 78.2 cm³/mol. The smallest absolute Gasteiger partial charge is 0.245 e. The van der Waals surface area contributed by atoms with Crippen molar-refractivity contribution in [1.82, 2.24) is 0 Å². The largest absolute Gasteiger partial charge is 0.455 e. The van der Waals surface area contributed by atoms with Crippen LogP contribution in [0.3, 0.4) is 0 Å². The molecular weight excluding hydrogens is 295 g/mol. The number of anilines is 1. The number of hydrogen-bond donors (Lipinski definition) is 2. The first kappa shape index (κ1) is 13.9. The van der Waals surface area contributed by atoms with Crippen LogP contribution in [0.25, 0.3) is 0 Å². The molecule has 3 N–H and O–H groups in total. The molecular formula is C15H12ClFN2O2. The summed E-state index contributed by atoms with van der Waals surface area (Å²) < 4.78 is 18.8. The van der Waals surface area contributed by atoms with Gasteiger partial charge in [-0.15, -0.1) is 0 Å². The number of carbonyl (C=O) groups excluding carboxylic acids is 1. The van der Waals surface area contributed by atoms with Gasteiger partial charge in [0.15, 0.2) is 0 Å². The summed E-state index contributed by atoms with van der Waals surface area (Å²) in [5, 5.41) is 3.00.